The summed E-state index contributed by atoms with van der Waals surface area (Å²) in [6, 6.07) is 5.97. The zero-order valence-electron chi connectivity index (χ0n) is 15.0. The number of aromatic nitrogens is 2. The molecule has 0 aliphatic rings. The molecule has 2 amide bonds. The van der Waals surface area contributed by atoms with Crippen molar-refractivity contribution in [3.63, 3.8) is 0 Å². The number of carbonyl (C=O) groups is 2. The van der Waals surface area contributed by atoms with Crippen LogP contribution in [0.25, 0.3) is 10.8 Å². The summed E-state index contributed by atoms with van der Waals surface area (Å²) in [5.41, 5.74) is -0.102. The fourth-order valence-electron chi connectivity index (χ4n) is 2.46. The Labute approximate surface area is 146 Å². The van der Waals surface area contributed by atoms with Crippen molar-refractivity contribution in [3.05, 3.63) is 40.3 Å². The molecule has 0 spiro atoms. The van der Waals surface area contributed by atoms with E-state index in [0.29, 0.717) is 17.3 Å². The van der Waals surface area contributed by atoms with Gasteiger partial charge in [-0.1, -0.05) is 25.1 Å². The molecule has 7 heteroatoms. The zero-order valence-corrected chi connectivity index (χ0v) is 15.0. The van der Waals surface area contributed by atoms with Crippen molar-refractivity contribution in [1.29, 1.82) is 0 Å². The zero-order chi connectivity index (χ0) is 18.6. The number of hydrogen-bond acceptors (Lipinski definition) is 4. The lowest BCUT2D eigenvalue weighted by atomic mass is 10.1. The largest absolute Gasteiger partial charge is 0.354 e. The number of fused-ring (bicyclic) bond motifs is 1. The lowest BCUT2D eigenvalue weighted by Crippen LogP contribution is -2.45. The minimum Gasteiger partial charge on any atom is -0.354 e. The Bertz CT molecular complexity index is 842. The molecule has 1 heterocycles. The molecular weight excluding hydrogens is 320 g/mol. The van der Waals surface area contributed by atoms with Crippen LogP contribution in [0.4, 0.5) is 0 Å². The van der Waals surface area contributed by atoms with Gasteiger partial charge in [0.05, 0.1) is 11.4 Å². The van der Waals surface area contributed by atoms with E-state index in [2.05, 4.69) is 15.7 Å². The first-order valence-electron chi connectivity index (χ1n) is 8.47. The smallest absolute Gasteiger partial charge is 0.274 e. The molecular formula is C18H24N4O3. The van der Waals surface area contributed by atoms with Gasteiger partial charge in [-0.2, -0.15) is 5.10 Å². The molecule has 25 heavy (non-hydrogen) atoms. The summed E-state index contributed by atoms with van der Waals surface area (Å²) in [5, 5.41) is 10.5. The molecule has 0 aliphatic carbocycles. The Morgan fingerprint density at radius 2 is 1.80 bits per heavy atom. The highest BCUT2D eigenvalue weighted by molar-refractivity contribution is 6.06. The van der Waals surface area contributed by atoms with Crippen molar-refractivity contribution in [2.45, 2.75) is 46.2 Å². The topological polar surface area (TPSA) is 93.1 Å². The van der Waals surface area contributed by atoms with Gasteiger partial charge >= 0.3 is 0 Å². The standard InChI is InChI=1S/C18H24N4O3/c1-5-10-19-16(23)12(4)20-17(24)15-13-8-6-7-9-14(13)18(25)22(21-15)11(2)3/h6-9,11-12H,5,10H2,1-4H3,(H,19,23)(H,20,24). The minimum atomic E-state index is -0.695. The van der Waals surface area contributed by atoms with E-state index in [1.54, 1.807) is 31.2 Å². The van der Waals surface area contributed by atoms with Crippen LogP contribution in [-0.4, -0.2) is 34.2 Å². The number of carbonyl (C=O) groups excluding carboxylic acids is 2. The molecule has 0 radical (unpaired) electrons. The molecule has 1 aromatic carbocycles. The van der Waals surface area contributed by atoms with Gasteiger partial charge in [-0.05, 0) is 33.3 Å². The quantitative estimate of drug-likeness (QED) is 0.833. The van der Waals surface area contributed by atoms with E-state index in [1.165, 1.54) is 4.68 Å². The number of nitrogens with one attached hydrogen (secondary N) is 2. The van der Waals surface area contributed by atoms with Gasteiger partial charge in [-0.15, -0.1) is 0 Å². The molecule has 1 atom stereocenters. The maximum absolute atomic E-state index is 12.7. The van der Waals surface area contributed by atoms with Crippen LogP contribution >= 0.6 is 0 Å². The summed E-state index contributed by atoms with van der Waals surface area (Å²) in [7, 11) is 0. The molecule has 0 aliphatic heterocycles. The van der Waals surface area contributed by atoms with Gasteiger partial charge in [0.1, 0.15) is 6.04 Å². The summed E-state index contributed by atoms with van der Waals surface area (Å²) in [4.78, 5) is 37.1. The van der Waals surface area contributed by atoms with Crippen molar-refractivity contribution in [2.75, 3.05) is 6.54 Å². The molecule has 0 fully saturated rings. The average Bonchev–Trinajstić information content (AvgIpc) is 2.59. The first kappa shape index (κ1) is 18.6. The molecule has 0 saturated carbocycles. The first-order chi connectivity index (χ1) is 11.9. The average molecular weight is 344 g/mol. The normalized spacial score (nSPS) is 12.2. The Morgan fingerprint density at radius 1 is 1.16 bits per heavy atom. The lowest BCUT2D eigenvalue weighted by molar-refractivity contribution is -0.122. The van der Waals surface area contributed by atoms with Crippen molar-refractivity contribution >= 4 is 22.6 Å². The highest BCUT2D eigenvalue weighted by Gasteiger charge is 2.21. The molecule has 1 unspecified atom stereocenters. The second kappa shape index (κ2) is 7.92. The summed E-state index contributed by atoms with van der Waals surface area (Å²) < 4.78 is 1.29. The van der Waals surface area contributed by atoms with E-state index in [4.69, 9.17) is 0 Å². The molecule has 134 valence electrons. The third-order valence-electron chi connectivity index (χ3n) is 3.82. The van der Waals surface area contributed by atoms with Crippen LogP contribution in [0.5, 0.6) is 0 Å². The van der Waals surface area contributed by atoms with Crippen molar-refractivity contribution in [3.8, 4) is 0 Å². The van der Waals surface area contributed by atoms with E-state index >= 15 is 0 Å². The molecule has 1 aromatic heterocycles. The van der Waals surface area contributed by atoms with Gasteiger partial charge in [0.2, 0.25) is 5.91 Å². The van der Waals surface area contributed by atoms with Gasteiger partial charge in [-0.3, -0.25) is 14.4 Å². The van der Waals surface area contributed by atoms with Crippen LogP contribution in [-0.2, 0) is 4.79 Å². The summed E-state index contributed by atoms with van der Waals surface area (Å²) >= 11 is 0. The first-order valence-corrected chi connectivity index (χ1v) is 8.47. The molecule has 7 nitrogen and oxygen atoms in total. The monoisotopic (exact) mass is 344 g/mol. The van der Waals surface area contributed by atoms with Crippen LogP contribution < -0.4 is 16.2 Å². The van der Waals surface area contributed by atoms with Crippen LogP contribution in [0.15, 0.2) is 29.1 Å². The van der Waals surface area contributed by atoms with Gasteiger partial charge in [-0.25, -0.2) is 4.68 Å². The molecule has 2 aromatic rings. The molecule has 2 rings (SSSR count). The van der Waals surface area contributed by atoms with Gasteiger partial charge < -0.3 is 10.6 Å². The second-order valence-corrected chi connectivity index (χ2v) is 6.22. The Kier molecular flexibility index (Phi) is 5.90. The fourth-order valence-corrected chi connectivity index (χ4v) is 2.46. The number of hydrogen-bond donors (Lipinski definition) is 2. The van der Waals surface area contributed by atoms with Crippen LogP contribution in [0, 0.1) is 0 Å². The van der Waals surface area contributed by atoms with Crippen LogP contribution in [0.3, 0.4) is 0 Å². The highest BCUT2D eigenvalue weighted by atomic mass is 16.2. The third-order valence-corrected chi connectivity index (χ3v) is 3.82. The van der Waals surface area contributed by atoms with E-state index in [1.807, 2.05) is 20.8 Å². The fraction of sp³-hybridized carbons (Fsp3) is 0.444. The van der Waals surface area contributed by atoms with Gasteiger partial charge in [0, 0.05) is 11.9 Å². The second-order valence-electron chi connectivity index (χ2n) is 6.22. The number of rotatable bonds is 6. The summed E-state index contributed by atoms with van der Waals surface area (Å²) in [6.07, 6.45) is 0.817. The number of benzene rings is 1. The van der Waals surface area contributed by atoms with Crippen molar-refractivity contribution < 1.29 is 9.59 Å². The number of nitrogens with zero attached hydrogens (tertiary/aromatic N) is 2. The summed E-state index contributed by atoms with van der Waals surface area (Å²) in [5.74, 6) is -0.735. The molecule has 0 saturated heterocycles. The van der Waals surface area contributed by atoms with Gasteiger partial charge in [0.25, 0.3) is 11.5 Å². The Morgan fingerprint density at radius 3 is 2.40 bits per heavy atom. The van der Waals surface area contributed by atoms with Crippen LogP contribution in [0.2, 0.25) is 0 Å². The van der Waals surface area contributed by atoms with Crippen LogP contribution in [0.1, 0.15) is 50.6 Å². The maximum Gasteiger partial charge on any atom is 0.274 e. The molecule has 0 bridgehead atoms. The molecule has 2 N–H and O–H groups in total. The highest BCUT2D eigenvalue weighted by Crippen LogP contribution is 2.14. The lowest BCUT2D eigenvalue weighted by Gasteiger charge is -2.16. The maximum atomic E-state index is 12.7. The van der Waals surface area contributed by atoms with E-state index in [0.717, 1.165) is 6.42 Å². The predicted molar refractivity (Wildman–Crippen MR) is 96.6 cm³/mol. The van der Waals surface area contributed by atoms with Crippen molar-refractivity contribution in [1.82, 2.24) is 20.4 Å². The summed E-state index contributed by atoms with van der Waals surface area (Å²) in [6.45, 7) is 7.77. The van der Waals surface area contributed by atoms with Gasteiger partial charge in [0.15, 0.2) is 5.69 Å². The third kappa shape index (κ3) is 4.04. The van der Waals surface area contributed by atoms with E-state index in [-0.39, 0.29) is 23.2 Å². The van der Waals surface area contributed by atoms with Crippen molar-refractivity contribution in [2.24, 2.45) is 0 Å². The Balaban J connectivity index is 2.39. The predicted octanol–water partition coefficient (Wildman–Crippen LogP) is 1.62. The SMILES string of the molecule is CCCNC(=O)C(C)NC(=O)c1nn(C(C)C)c(=O)c2ccccc12. The minimum absolute atomic E-state index is 0.138. The Hall–Kier alpha value is -2.70. The number of amides is 2. The van der Waals surface area contributed by atoms with E-state index < -0.39 is 11.9 Å². The van der Waals surface area contributed by atoms with E-state index in [9.17, 15) is 14.4 Å².